The van der Waals surface area contributed by atoms with Gasteiger partial charge < -0.3 is 14.8 Å². The van der Waals surface area contributed by atoms with Crippen molar-refractivity contribution in [1.82, 2.24) is 5.32 Å². The van der Waals surface area contributed by atoms with Crippen molar-refractivity contribution >= 4 is 0 Å². The molecule has 1 aromatic carbocycles. The summed E-state index contributed by atoms with van der Waals surface area (Å²) in [4.78, 5) is 0. The van der Waals surface area contributed by atoms with Gasteiger partial charge in [0.1, 0.15) is 0 Å². The van der Waals surface area contributed by atoms with Crippen molar-refractivity contribution in [3.05, 3.63) is 23.8 Å². The number of rotatable bonds is 6. The molecule has 0 aliphatic heterocycles. The summed E-state index contributed by atoms with van der Waals surface area (Å²) in [5, 5.41) is 3.10. The summed E-state index contributed by atoms with van der Waals surface area (Å²) < 4.78 is 33.6. The number of methoxy groups -OCH3 is 1. The first kappa shape index (κ1) is 12.7. The van der Waals surface area contributed by atoms with E-state index in [0.717, 1.165) is 12.1 Å². The Labute approximate surface area is 93.4 Å². The van der Waals surface area contributed by atoms with Crippen molar-refractivity contribution in [2.75, 3.05) is 13.7 Å². The Morgan fingerprint density at radius 1 is 1.31 bits per heavy atom. The van der Waals surface area contributed by atoms with E-state index in [1.54, 1.807) is 18.2 Å². The highest BCUT2D eigenvalue weighted by atomic mass is 19.3. The molecule has 0 saturated heterocycles. The molecule has 0 bridgehead atoms. The van der Waals surface area contributed by atoms with E-state index in [1.807, 2.05) is 6.92 Å². The van der Waals surface area contributed by atoms with Gasteiger partial charge in [-0.05, 0) is 24.2 Å². The Balaban J connectivity index is 2.83. The fourth-order valence-corrected chi connectivity index (χ4v) is 1.29. The van der Waals surface area contributed by atoms with E-state index >= 15 is 0 Å². The second kappa shape index (κ2) is 6.27. The van der Waals surface area contributed by atoms with Gasteiger partial charge in [0, 0.05) is 6.54 Å². The topological polar surface area (TPSA) is 30.5 Å². The maximum Gasteiger partial charge on any atom is 0.387 e. The van der Waals surface area contributed by atoms with E-state index in [0.29, 0.717) is 12.3 Å². The maximum absolute atomic E-state index is 12.1. The molecule has 0 aromatic heterocycles. The molecule has 0 aliphatic rings. The van der Waals surface area contributed by atoms with E-state index in [9.17, 15) is 8.78 Å². The Bertz CT molecular complexity index is 332. The minimum atomic E-state index is -2.84. The molecule has 0 unspecified atom stereocenters. The lowest BCUT2D eigenvalue weighted by Crippen LogP contribution is -2.12. The van der Waals surface area contributed by atoms with Crippen LogP contribution in [0.3, 0.4) is 0 Å². The van der Waals surface area contributed by atoms with Crippen LogP contribution in [0.1, 0.15) is 12.5 Å². The van der Waals surface area contributed by atoms with Gasteiger partial charge in [0.25, 0.3) is 0 Å². The summed E-state index contributed by atoms with van der Waals surface area (Å²) in [5.74, 6) is 0.369. The van der Waals surface area contributed by atoms with Crippen molar-refractivity contribution < 1.29 is 18.3 Å². The van der Waals surface area contributed by atoms with E-state index in [-0.39, 0.29) is 5.75 Å². The molecule has 16 heavy (non-hydrogen) atoms. The zero-order chi connectivity index (χ0) is 12.0. The highest BCUT2D eigenvalue weighted by Gasteiger charge is 2.10. The number of benzene rings is 1. The number of ether oxygens (including phenoxy) is 2. The van der Waals surface area contributed by atoms with Crippen LogP contribution < -0.4 is 14.8 Å². The molecule has 0 heterocycles. The zero-order valence-electron chi connectivity index (χ0n) is 9.30. The van der Waals surface area contributed by atoms with Crippen LogP contribution in [0.5, 0.6) is 11.5 Å². The molecule has 0 amide bonds. The Hall–Kier alpha value is -1.36. The predicted octanol–water partition coefficient (Wildman–Crippen LogP) is 2.41. The smallest absolute Gasteiger partial charge is 0.387 e. The minimum Gasteiger partial charge on any atom is -0.493 e. The Morgan fingerprint density at radius 2 is 2.06 bits per heavy atom. The van der Waals surface area contributed by atoms with Gasteiger partial charge in [-0.1, -0.05) is 13.0 Å². The Morgan fingerprint density at radius 3 is 2.62 bits per heavy atom. The largest absolute Gasteiger partial charge is 0.493 e. The summed E-state index contributed by atoms with van der Waals surface area (Å²) in [7, 11) is 1.41. The first-order chi connectivity index (χ1) is 7.67. The molecule has 0 fully saturated rings. The van der Waals surface area contributed by atoms with E-state index in [2.05, 4.69) is 10.1 Å². The number of halogens is 2. The van der Waals surface area contributed by atoms with Gasteiger partial charge in [-0.3, -0.25) is 0 Å². The van der Waals surface area contributed by atoms with Crippen molar-refractivity contribution in [1.29, 1.82) is 0 Å². The van der Waals surface area contributed by atoms with Crippen LogP contribution in [-0.2, 0) is 6.54 Å². The zero-order valence-corrected chi connectivity index (χ0v) is 9.30. The summed E-state index contributed by atoms with van der Waals surface area (Å²) in [6.07, 6.45) is 0. The Kier molecular flexibility index (Phi) is 4.98. The lowest BCUT2D eigenvalue weighted by molar-refractivity contribution is -0.0512. The first-order valence-electron chi connectivity index (χ1n) is 4.99. The van der Waals surface area contributed by atoms with Crippen LogP contribution in [0, 0.1) is 0 Å². The molecule has 90 valence electrons. The van der Waals surface area contributed by atoms with Gasteiger partial charge in [-0.2, -0.15) is 8.78 Å². The molecular weight excluding hydrogens is 216 g/mol. The van der Waals surface area contributed by atoms with E-state index in [1.165, 1.54) is 7.11 Å². The van der Waals surface area contributed by atoms with Crippen LogP contribution in [-0.4, -0.2) is 20.3 Å². The fraction of sp³-hybridized carbons (Fsp3) is 0.455. The molecule has 0 aliphatic carbocycles. The lowest BCUT2D eigenvalue weighted by Gasteiger charge is -2.11. The van der Waals surface area contributed by atoms with Crippen LogP contribution in [0.4, 0.5) is 8.78 Å². The van der Waals surface area contributed by atoms with Gasteiger partial charge in [0.05, 0.1) is 7.11 Å². The summed E-state index contributed by atoms with van der Waals surface area (Å²) in [6, 6.07) is 4.97. The molecule has 3 nitrogen and oxygen atoms in total. The van der Waals surface area contributed by atoms with Gasteiger partial charge >= 0.3 is 6.61 Å². The molecule has 0 saturated carbocycles. The van der Waals surface area contributed by atoms with E-state index in [4.69, 9.17) is 4.74 Å². The average Bonchev–Trinajstić information content (AvgIpc) is 2.26. The molecular formula is C11H15F2NO2. The van der Waals surface area contributed by atoms with Crippen LogP contribution in [0.25, 0.3) is 0 Å². The van der Waals surface area contributed by atoms with Gasteiger partial charge in [-0.25, -0.2) is 0 Å². The second-order valence-corrected chi connectivity index (χ2v) is 3.14. The maximum atomic E-state index is 12.1. The summed E-state index contributed by atoms with van der Waals surface area (Å²) in [5.41, 5.74) is 0.873. The molecule has 1 aromatic rings. The summed E-state index contributed by atoms with van der Waals surface area (Å²) >= 11 is 0. The normalized spacial score (nSPS) is 10.6. The van der Waals surface area contributed by atoms with Crippen molar-refractivity contribution in [2.24, 2.45) is 0 Å². The number of hydrogen-bond acceptors (Lipinski definition) is 3. The number of hydrogen-bond donors (Lipinski definition) is 1. The summed E-state index contributed by atoms with van der Waals surface area (Å²) in [6.45, 7) is 0.556. The quantitative estimate of drug-likeness (QED) is 0.815. The third-order valence-corrected chi connectivity index (χ3v) is 2.02. The molecule has 0 atom stereocenters. The predicted molar refractivity (Wildman–Crippen MR) is 57.0 cm³/mol. The van der Waals surface area contributed by atoms with Crippen LogP contribution in [0.2, 0.25) is 0 Å². The van der Waals surface area contributed by atoms with Crippen molar-refractivity contribution in [3.63, 3.8) is 0 Å². The second-order valence-electron chi connectivity index (χ2n) is 3.14. The molecule has 0 radical (unpaired) electrons. The number of nitrogens with one attached hydrogen (secondary N) is 1. The van der Waals surface area contributed by atoms with Gasteiger partial charge in [0.2, 0.25) is 0 Å². The van der Waals surface area contributed by atoms with Crippen LogP contribution in [0.15, 0.2) is 18.2 Å². The van der Waals surface area contributed by atoms with Crippen molar-refractivity contribution in [2.45, 2.75) is 20.1 Å². The standard InChI is InChI=1S/C11H15F2NO2/c1-3-14-7-8-4-5-9(15-2)10(6-8)16-11(12)13/h4-6,11,14H,3,7H2,1-2H3. The van der Waals surface area contributed by atoms with Gasteiger partial charge in [0.15, 0.2) is 11.5 Å². The average molecular weight is 231 g/mol. The van der Waals surface area contributed by atoms with Crippen LogP contribution >= 0.6 is 0 Å². The highest BCUT2D eigenvalue weighted by Crippen LogP contribution is 2.29. The first-order valence-corrected chi connectivity index (χ1v) is 4.99. The third kappa shape index (κ3) is 3.66. The molecule has 1 N–H and O–H groups in total. The molecule has 5 heteroatoms. The van der Waals surface area contributed by atoms with Crippen molar-refractivity contribution in [3.8, 4) is 11.5 Å². The number of alkyl halides is 2. The molecule has 1 rings (SSSR count). The lowest BCUT2D eigenvalue weighted by atomic mass is 10.2. The van der Waals surface area contributed by atoms with Gasteiger partial charge in [-0.15, -0.1) is 0 Å². The SMILES string of the molecule is CCNCc1ccc(OC)c(OC(F)F)c1. The minimum absolute atomic E-state index is 0.0629. The molecule has 0 spiro atoms. The third-order valence-electron chi connectivity index (χ3n) is 2.02. The highest BCUT2D eigenvalue weighted by molar-refractivity contribution is 5.42. The fourth-order valence-electron chi connectivity index (χ4n) is 1.29. The van der Waals surface area contributed by atoms with E-state index < -0.39 is 6.61 Å². The monoisotopic (exact) mass is 231 g/mol.